The largest absolute Gasteiger partial charge is 0.394 e. The Balaban J connectivity index is 1.85. The lowest BCUT2D eigenvalue weighted by Gasteiger charge is -2.39. The highest BCUT2D eigenvalue weighted by Gasteiger charge is 2.31. The van der Waals surface area contributed by atoms with Crippen molar-refractivity contribution in [2.24, 2.45) is 0 Å². The summed E-state index contributed by atoms with van der Waals surface area (Å²) in [4.78, 5) is 2.18. The van der Waals surface area contributed by atoms with Gasteiger partial charge in [0, 0.05) is 18.7 Å². The van der Waals surface area contributed by atoms with Crippen LogP contribution in [0.2, 0.25) is 0 Å². The van der Waals surface area contributed by atoms with Crippen molar-refractivity contribution in [3.8, 4) is 0 Å². The topological polar surface area (TPSA) is 32.7 Å². The van der Waals surface area contributed by atoms with Crippen molar-refractivity contribution in [3.05, 3.63) is 71.5 Å². The molecule has 0 bridgehead atoms. The quantitative estimate of drug-likeness (QED) is 0.942. The molecule has 3 nitrogen and oxygen atoms in total. The molecule has 1 aliphatic rings. The molecule has 0 aliphatic carbocycles. The number of rotatable bonds is 4. The monoisotopic (exact) mass is 301 g/mol. The van der Waals surface area contributed by atoms with Crippen molar-refractivity contribution >= 4 is 0 Å². The predicted molar refractivity (Wildman–Crippen MR) is 82.8 cm³/mol. The Bertz CT molecular complexity index is 605. The van der Waals surface area contributed by atoms with E-state index in [2.05, 4.69) is 17.0 Å². The molecule has 0 spiro atoms. The van der Waals surface area contributed by atoms with E-state index in [-0.39, 0.29) is 24.6 Å². The van der Waals surface area contributed by atoms with Gasteiger partial charge in [0.2, 0.25) is 0 Å². The van der Waals surface area contributed by atoms with Crippen LogP contribution in [0.1, 0.15) is 17.2 Å². The maximum Gasteiger partial charge on any atom is 0.128 e. The zero-order chi connectivity index (χ0) is 15.4. The van der Waals surface area contributed by atoms with Crippen molar-refractivity contribution in [1.82, 2.24) is 4.90 Å². The summed E-state index contributed by atoms with van der Waals surface area (Å²) in [6.07, 6.45) is -0.216. The minimum Gasteiger partial charge on any atom is -0.394 e. The van der Waals surface area contributed by atoms with E-state index in [4.69, 9.17) is 4.74 Å². The number of morpholine rings is 1. The van der Waals surface area contributed by atoms with Gasteiger partial charge in [-0.25, -0.2) is 4.39 Å². The van der Waals surface area contributed by atoms with E-state index in [1.807, 2.05) is 24.3 Å². The van der Waals surface area contributed by atoms with Gasteiger partial charge in [-0.15, -0.1) is 0 Å². The zero-order valence-electron chi connectivity index (χ0n) is 12.4. The lowest BCUT2D eigenvalue weighted by Crippen LogP contribution is -2.45. The first-order chi connectivity index (χ1) is 10.8. The second-order valence-corrected chi connectivity index (χ2v) is 5.59. The molecule has 1 saturated heterocycles. The van der Waals surface area contributed by atoms with Crippen molar-refractivity contribution in [1.29, 1.82) is 0 Å². The molecular weight excluding hydrogens is 281 g/mol. The van der Waals surface area contributed by atoms with Crippen LogP contribution in [0.4, 0.5) is 4.39 Å². The van der Waals surface area contributed by atoms with E-state index < -0.39 is 0 Å². The Kier molecular flexibility index (Phi) is 4.83. The molecule has 3 rings (SSSR count). The molecule has 1 aliphatic heterocycles. The summed E-state index contributed by atoms with van der Waals surface area (Å²) in [6, 6.07) is 16.8. The molecule has 1 heterocycles. The van der Waals surface area contributed by atoms with Crippen LogP contribution in [0, 0.1) is 5.82 Å². The van der Waals surface area contributed by atoms with Crippen molar-refractivity contribution in [3.63, 3.8) is 0 Å². The Morgan fingerprint density at radius 3 is 2.55 bits per heavy atom. The molecule has 2 aromatic carbocycles. The summed E-state index contributed by atoms with van der Waals surface area (Å²) >= 11 is 0. The van der Waals surface area contributed by atoms with Crippen molar-refractivity contribution in [2.75, 3.05) is 19.8 Å². The third-order valence-corrected chi connectivity index (χ3v) is 4.07. The molecule has 2 aromatic rings. The van der Waals surface area contributed by atoms with Crippen molar-refractivity contribution < 1.29 is 14.2 Å². The number of aliphatic hydroxyl groups is 1. The van der Waals surface area contributed by atoms with Crippen LogP contribution in [0.25, 0.3) is 0 Å². The molecule has 0 saturated carbocycles. The fourth-order valence-electron chi connectivity index (χ4n) is 2.91. The third-order valence-electron chi connectivity index (χ3n) is 4.07. The van der Waals surface area contributed by atoms with Gasteiger partial charge in [0.05, 0.1) is 25.4 Å². The van der Waals surface area contributed by atoms with Crippen LogP contribution in [0.5, 0.6) is 0 Å². The summed E-state index contributed by atoms with van der Waals surface area (Å²) in [5.41, 5.74) is 1.82. The van der Waals surface area contributed by atoms with Crippen molar-refractivity contribution in [2.45, 2.75) is 18.7 Å². The number of nitrogens with zero attached hydrogens (tertiary/aromatic N) is 1. The maximum atomic E-state index is 14.1. The van der Waals surface area contributed by atoms with Gasteiger partial charge in [-0.1, -0.05) is 48.5 Å². The Morgan fingerprint density at radius 2 is 1.82 bits per heavy atom. The summed E-state index contributed by atoms with van der Waals surface area (Å²) in [6.45, 7) is 1.67. The number of hydrogen-bond acceptors (Lipinski definition) is 3. The smallest absolute Gasteiger partial charge is 0.128 e. The first kappa shape index (κ1) is 15.2. The number of benzene rings is 2. The number of hydrogen-bond donors (Lipinski definition) is 1. The average molecular weight is 301 g/mol. The molecule has 2 unspecified atom stereocenters. The summed E-state index contributed by atoms with van der Waals surface area (Å²) in [5.74, 6) is -0.211. The highest BCUT2D eigenvalue weighted by molar-refractivity contribution is 5.23. The molecule has 2 atom stereocenters. The predicted octanol–water partition coefficient (Wildman–Crippen LogP) is 2.76. The van der Waals surface area contributed by atoms with E-state index >= 15 is 0 Å². The van der Waals surface area contributed by atoms with Gasteiger partial charge < -0.3 is 9.84 Å². The molecular formula is C18H20FNO2. The zero-order valence-corrected chi connectivity index (χ0v) is 12.4. The normalized spacial score (nSPS) is 22.6. The fraction of sp³-hybridized carbons (Fsp3) is 0.333. The number of aliphatic hydroxyl groups excluding tert-OH is 1. The van der Waals surface area contributed by atoms with Gasteiger partial charge >= 0.3 is 0 Å². The van der Waals surface area contributed by atoms with E-state index in [1.54, 1.807) is 12.1 Å². The van der Waals surface area contributed by atoms with Crippen LogP contribution in [0.3, 0.4) is 0 Å². The molecule has 22 heavy (non-hydrogen) atoms. The molecule has 0 radical (unpaired) electrons. The average Bonchev–Trinajstić information content (AvgIpc) is 2.56. The highest BCUT2D eigenvalue weighted by Crippen LogP contribution is 2.29. The Hall–Kier alpha value is -1.75. The fourth-order valence-corrected chi connectivity index (χ4v) is 2.91. The van der Waals surface area contributed by atoms with E-state index in [0.29, 0.717) is 25.3 Å². The third kappa shape index (κ3) is 3.35. The van der Waals surface area contributed by atoms with Crippen LogP contribution < -0.4 is 0 Å². The lowest BCUT2D eigenvalue weighted by molar-refractivity contribution is -0.0873. The van der Waals surface area contributed by atoms with Gasteiger partial charge in [0.1, 0.15) is 5.82 Å². The van der Waals surface area contributed by atoms with Gasteiger partial charge in [0.25, 0.3) is 0 Å². The van der Waals surface area contributed by atoms with Gasteiger partial charge in [-0.2, -0.15) is 0 Å². The van der Waals surface area contributed by atoms with Crippen LogP contribution in [-0.4, -0.2) is 35.9 Å². The Labute approximate surface area is 130 Å². The Morgan fingerprint density at radius 1 is 1.09 bits per heavy atom. The summed E-state index contributed by atoms with van der Waals surface area (Å²) in [5, 5.41) is 9.36. The van der Waals surface area contributed by atoms with E-state index in [9.17, 15) is 9.50 Å². The molecule has 4 heteroatoms. The molecule has 1 fully saturated rings. The summed E-state index contributed by atoms with van der Waals surface area (Å²) in [7, 11) is 0. The lowest BCUT2D eigenvalue weighted by atomic mass is 10.0. The standard InChI is InChI=1S/C18H20FNO2/c19-17-9-5-4-8-16(17)18-13-22-15(12-21)11-20(18)10-14-6-2-1-3-7-14/h1-9,15,18,21H,10-13H2. The highest BCUT2D eigenvalue weighted by atomic mass is 19.1. The summed E-state index contributed by atoms with van der Waals surface area (Å²) < 4.78 is 19.8. The molecule has 0 aromatic heterocycles. The number of halogens is 1. The van der Waals surface area contributed by atoms with E-state index in [1.165, 1.54) is 11.6 Å². The maximum absolute atomic E-state index is 14.1. The van der Waals surface area contributed by atoms with Crippen LogP contribution >= 0.6 is 0 Å². The van der Waals surface area contributed by atoms with Crippen LogP contribution in [-0.2, 0) is 11.3 Å². The van der Waals surface area contributed by atoms with Crippen LogP contribution in [0.15, 0.2) is 54.6 Å². The van der Waals surface area contributed by atoms with Gasteiger partial charge in [0.15, 0.2) is 0 Å². The second-order valence-electron chi connectivity index (χ2n) is 5.59. The second kappa shape index (κ2) is 7.01. The minimum atomic E-state index is -0.216. The number of ether oxygens (including phenoxy) is 1. The molecule has 0 amide bonds. The van der Waals surface area contributed by atoms with Gasteiger partial charge in [-0.3, -0.25) is 4.90 Å². The minimum absolute atomic E-state index is 0.0186. The SMILES string of the molecule is OCC1CN(Cc2ccccc2)C(c2ccccc2F)CO1. The first-order valence-corrected chi connectivity index (χ1v) is 7.53. The molecule has 1 N–H and O–H groups in total. The molecule has 116 valence electrons. The van der Waals surface area contributed by atoms with E-state index in [0.717, 1.165) is 0 Å². The van der Waals surface area contributed by atoms with Gasteiger partial charge in [-0.05, 0) is 11.6 Å². The first-order valence-electron chi connectivity index (χ1n) is 7.53.